The third-order valence-electron chi connectivity index (χ3n) is 2.53. The fourth-order valence-electron chi connectivity index (χ4n) is 1.69. The normalized spacial score (nSPS) is 13.3. The zero-order valence-corrected chi connectivity index (χ0v) is 13.0. The Balaban J connectivity index is 2.81. The first kappa shape index (κ1) is 15.9. The van der Waals surface area contributed by atoms with E-state index in [0.717, 1.165) is 11.3 Å². The highest BCUT2D eigenvalue weighted by atomic mass is 32.2. The smallest absolute Gasteiger partial charge is 0.124 e. The Morgan fingerprint density at radius 1 is 1.37 bits per heavy atom. The molecular formula is C15H23NO2S. The average molecular weight is 281 g/mol. The van der Waals surface area contributed by atoms with Crippen LogP contribution in [0.2, 0.25) is 0 Å². The highest BCUT2D eigenvalue weighted by Gasteiger charge is 2.24. The number of nitrogens with zero attached hydrogens (tertiary/aromatic N) is 1. The third-order valence-corrected chi connectivity index (χ3v) is 4.27. The average Bonchev–Trinajstić information content (AvgIpc) is 2.35. The van der Waals surface area contributed by atoms with Crippen molar-refractivity contribution in [3.8, 4) is 5.75 Å². The quantitative estimate of drug-likeness (QED) is 0.750. The summed E-state index contributed by atoms with van der Waals surface area (Å²) in [6.45, 7) is 10.6. The van der Waals surface area contributed by atoms with Crippen molar-refractivity contribution in [1.29, 1.82) is 0 Å². The van der Waals surface area contributed by atoms with E-state index >= 15 is 0 Å². The Morgan fingerprint density at radius 3 is 2.58 bits per heavy atom. The second-order valence-corrected chi connectivity index (χ2v) is 7.70. The Labute approximate surface area is 118 Å². The molecule has 1 aromatic rings. The third kappa shape index (κ3) is 4.80. The number of rotatable bonds is 6. The van der Waals surface area contributed by atoms with Crippen LogP contribution in [0.1, 0.15) is 26.3 Å². The van der Waals surface area contributed by atoms with Crippen LogP contribution in [0.25, 0.3) is 0 Å². The molecule has 4 heteroatoms. The molecule has 0 aliphatic carbocycles. The van der Waals surface area contributed by atoms with Crippen LogP contribution in [0.3, 0.4) is 0 Å². The maximum absolute atomic E-state index is 12.3. The van der Waals surface area contributed by atoms with Gasteiger partial charge in [-0.15, -0.1) is 0 Å². The van der Waals surface area contributed by atoms with Gasteiger partial charge in [-0.05, 0) is 26.8 Å². The van der Waals surface area contributed by atoms with E-state index in [0.29, 0.717) is 13.2 Å². The number of ether oxygens (including phenoxy) is 1. The molecule has 0 spiro atoms. The highest BCUT2D eigenvalue weighted by molar-refractivity contribution is 7.84. The van der Waals surface area contributed by atoms with Gasteiger partial charge >= 0.3 is 0 Å². The molecule has 106 valence electrons. The van der Waals surface area contributed by atoms with Gasteiger partial charge in [0.2, 0.25) is 0 Å². The summed E-state index contributed by atoms with van der Waals surface area (Å²) in [5.74, 6) is 0.820. The molecule has 0 bridgehead atoms. The summed E-state index contributed by atoms with van der Waals surface area (Å²) in [6, 6.07) is 7.81. The lowest BCUT2D eigenvalue weighted by atomic mass is 10.2. The molecule has 0 heterocycles. The number of hydrogen-bond acceptors (Lipinski definition) is 2. The van der Waals surface area contributed by atoms with Crippen LogP contribution in [-0.4, -0.2) is 26.9 Å². The fraction of sp³-hybridized carbons (Fsp3) is 0.467. The van der Waals surface area contributed by atoms with E-state index < -0.39 is 11.0 Å². The topological polar surface area (TPSA) is 29.5 Å². The van der Waals surface area contributed by atoms with Crippen molar-refractivity contribution in [2.45, 2.75) is 32.1 Å². The molecule has 3 nitrogen and oxygen atoms in total. The maximum Gasteiger partial charge on any atom is 0.124 e. The monoisotopic (exact) mass is 281 g/mol. The molecule has 0 radical (unpaired) electrons. The molecular weight excluding hydrogens is 258 g/mol. The second kappa shape index (κ2) is 6.87. The Bertz CT molecular complexity index is 452. The minimum atomic E-state index is -1.04. The van der Waals surface area contributed by atoms with Gasteiger partial charge in [0.15, 0.2) is 0 Å². The van der Waals surface area contributed by atoms with Crippen molar-refractivity contribution < 1.29 is 8.95 Å². The predicted molar refractivity (Wildman–Crippen MR) is 81.5 cm³/mol. The van der Waals surface area contributed by atoms with Gasteiger partial charge in [0.1, 0.15) is 12.4 Å². The molecule has 0 saturated heterocycles. The van der Waals surface area contributed by atoms with Crippen LogP contribution in [0, 0.1) is 0 Å². The lowest BCUT2D eigenvalue weighted by Gasteiger charge is -2.26. The van der Waals surface area contributed by atoms with E-state index in [1.54, 1.807) is 6.08 Å². The van der Waals surface area contributed by atoms with Gasteiger partial charge in [-0.3, -0.25) is 0 Å². The van der Waals surface area contributed by atoms with Gasteiger partial charge in [-0.2, -0.15) is 0 Å². The van der Waals surface area contributed by atoms with Gasteiger partial charge < -0.3 is 4.74 Å². The van der Waals surface area contributed by atoms with Crippen LogP contribution >= 0.6 is 0 Å². The maximum atomic E-state index is 12.3. The minimum Gasteiger partial charge on any atom is -0.489 e. The first-order valence-electron chi connectivity index (χ1n) is 6.31. The van der Waals surface area contributed by atoms with E-state index in [4.69, 9.17) is 4.74 Å². The van der Waals surface area contributed by atoms with Crippen molar-refractivity contribution in [2.24, 2.45) is 0 Å². The van der Waals surface area contributed by atoms with Crippen molar-refractivity contribution in [3.63, 3.8) is 0 Å². The Hall–Kier alpha value is -1.13. The van der Waals surface area contributed by atoms with Crippen molar-refractivity contribution >= 4 is 11.0 Å². The van der Waals surface area contributed by atoms with Gasteiger partial charge in [0, 0.05) is 19.2 Å². The second-order valence-electron chi connectivity index (χ2n) is 5.35. The molecule has 0 fully saturated rings. The lowest BCUT2D eigenvalue weighted by Crippen LogP contribution is -2.34. The predicted octanol–water partition coefficient (Wildman–Crippen LogP) is 3.15. The molecule has 19 heavy (non-hydrogen) atoms. The van der Waals surface area contributed by atoms with Crippen molar-refractivity contribution in [3.05, 3.63) is 42.5 Å². The first-order chi connectivity index (χ1) is 8.86. The summed E-state index contributed by atoms with van der Waals surface area (Å²) >= 11 is 0. The van der Waals surface area contributed by atoms with Crippen LogP contribution in [0.15, 0.2) is 36.9 Å². The largest absolute Gasteiger partial charge is 0.489 e. The van der Waals surface area contributed by atoms with Crippen LogP contribution in [-0.2, 0) is 17.5 Å². The number of hydrogen-bond donors (Lipinski definition) is 0. The van der Waals surface area contributed by atoms with E-state index in [2.05, 4.69) is 6.58 Å². The number of benzene rings is 1. The minimum absolute atomic E-state index is 0.258. The molecule has 0 saturated carbocycles. The fourth-order valence-corrected chi connectivity index (χ4v) is 2.88. The summed E-state index contributed by atoms with van der Waals surface area (Å²) in [6.07, 6.45) is 1.72. The zero-order valence-electron chi connectivity index (χ0n) is 12.2. The van der Waals surface area contributed by atoms with Crippen LogP contribution in [0.4, 0.5) is 0 Å². The standard InChI is InChI=1S/C15H23NO2S/c1-6-11-18-14-10-8-7-9-13(14)12-16(5)19(17)15(2,3)4/h6-10H,1,11-12H2,2-5H3/t19-/m0/s1. The first-order valence-corrected chi connectivity index (χ1v) is 7.41. The SMILES string of the molecule is C=CCOc1ccccc1CN(C)[S@@](=O)C(C)(C)C. The summed E-state index contributed by atoms with van der Waals surface area (Å²) in [5, 5.41) is 0. The summed E-state index contributed by atoms with van der Waals surface area (Å²) < 4.78 is 19.5. The Kier molecular flexibility index (Phi) is 5.76. The van der Waals surface area contributed by atoms with E-state index in [1.165, 1.54) is 0 Å². The van der Waals surface area contributed by atoms with Gasteiger partial charge in [0.25, 0.3) is 0 Å². The number of para-hydroxylation sites is 1. The molecule has 0 aliphatic heterocycles. The molecule has 0 aromatic heterocycles. The summed E-state index contributed by atoms with van der Waals surface area (Å²) in [4.78, 5) is 0. The van der Waals surface area contributed by atoms with E-state index in [1.807, 2.05) is 56.4 Å². The van der Waals surface area contributed by atoms with Gasteiger partial charge in [-0.25, -0.2) is 8.51 Å². The Morgan fingerprint density at radius 2 is 2.00 bits per heavy atom. The summed E-state index contributed by atoms with van der Waals surface area (Å²) in [5.41, 5.74) is 1.03. The van der Waals surface area contributed by atoms with E-state index in [-0.39, 0.29) is 4.75 Å². The molecule has 1 aromatic carbocycles. The van der Waals surface area contributed by atoms with E-state index in [9.17, 15) is 4.21 Å². The molecule has 1 atom stereocenters. The highest BCUT2D eigenvalue weighted by Crippen LogP contribution is 2.22. The van der Waals surface area contributed by atoms with Crippen molar-refractivity contribution in [1.82, 2.24) is 4.31 Å². The molecule has 0 N–H and O–H groups in total. The van der Waals surface area contributed by atoms with Gasteiger partial charge in [0.05, 0.1) is 15.7 Å². The van der Waals surface area contributed by atoms with Crippen LogP contribution in [0.5, 0.6) is 5.75 Å². The molecule has 0 unspecified atom stereocenters. The van der Waals surface area contributed by atoms with Crippen molar-refractivity contribution in [2.75, 3.05) is 13.7 Å². The van der Waals surface area contributed by atoms with Crippen LogP contribution < -0.4 is 4.74 Å². The van der Waals surface area contributed by atoms with Gasteiger partial charge in [-0.1, -0.05) is 30.9 Å². The molecule has 1 rings (SSSR count). The zero-order chi connectivity index (χ0) is 14.5. The molecule has 0 amide bonds. The summed E-state index contributed by atoms with van der Waals surface area (Å²) in [7, 11) is 0.828. The molecule has 0 aliphatic rings. The lowest BCUT2D eigenvalue weighted by molar-refractivity contribution is 0.354.